The van der Waals surface area contributed by atoms with Gasteiger partial charge in [-0.15, -0.1) is 12.4 Å². The van der Waals surface area contributed by atoms with Crippen LogP contribution in [0.25, 0.3) is 11.6 Å². The molecule has 142 valence electrons. The first kappa shape index (κ1) is 21.4. The molecule has 1 heterocycles. The number of hydrogen-bond acceptors (Lipinski definition) is 2. The van der Waals surface area contributed by atoms with E-state index in [9.17, 15) is 4.79 Å². The normalized spacial score (nSPS) is 15.1. The van der Waals surface area contributed by atoms with Gasteiger partial charge in [0.05, 0.1) is 0 Å². The maximum Gasteiger partial charge on any atom is 0.190 e. The molecule has 4 heteroatoms. The van der Waals surface area contributed by atoms with E-state index >= 15 is 0 Å². The number of Topliss-reactive ketones (excluding diaryl/α,β-unsaturated/α-hetero) is 1. The highest BCUT2D eigenvalue weighted by molar-refractivity contribution is 6.32. The Morgan fingerprint density at radius 2 is 1.63 bits per heavy atom. The van der Waals surface area contributed by atoms with Crippen LogP contribution in [0.1, 0.15) is 30.4 Å². The van der Waals surface area contributed by atoms with Crippen LogP contribution in [0.4, 0.5) is 0 Å². The average Bonchev–Trinajstić information content (AvgIpc) is 2.68. The number of carbonyl (C=O) groups is 1. The Labute approximate surface area is 172 Å². The summed E-state index contributed by atoms with van der Waals surface area (Å²) in [4.78, 5) is 15.5. The van der Waals surface area contributed by atoms with E-state index in [1.54, 1.807) is 0 Å². The third-order valence-electron chi connectivity index (χ3n) is 4.69. The summed E-state index contributed by atoms with van der Waals surface area (Å²) in [5.41, 5.74) is 3.19. The SMILES string of the molecule is C=C(CN1CCCCC1)C(=O)/C(=C/c1ccc(Cl)cc1)c1ccccc1.Cl. The maximum atomic E-state index is 13.2. The Balaban J connectivity index is 0.00000261. The summed E-state index contributed by atoms with van der Waals surface area (Å²) in [6, 6.07) is 17.3. The lowest BCUT2D eigenvalue weighted by Crippen LogP contribution is -2.32. The van der Waals surface area contributed by atoms with Gasteiger partial charge in [0, 0.05) is 22.7 Å². The summed E-state index contributed by atoms with van der Waals surface area (Å²) in [6.07, 6.45) is 5.61. The minimum atomic E-state index is 0. The lowest BCUT2D eigenvalue weighted by molar-refractivity contribution is -0.110. The number of benzene rings is 2. The van der Waals surface area contributed by atoms with Crippen LogP contribution in [0.15, 0.2) is 66.7 Å². The average molecular weight is 402 g/mol. The molecule has 2 aromatic rings. The number of allylic oxidation sites excluding steroid dienone is 1. The minimum Gasteiger partial charge on any atom is -0.299 e. The molecule has 0 radical (unpaired) electrons. The molecule has 1 saturated heterocycles. The molecular formula is C23H25Cl2NO. The second-order valence-electron chi connectivity index (χ2n) is 6.75. The molecule has 1 fully saturated rings. The van der Waals surface area contributed by atoms with Crippen LogP contribution in [-0.2, 0) is 4.79 Å². The highest BCUT2D eigenvalue weighted by Crippen LogP contribution is 2.23. The zero-order chi connectivity index (χ0) is 18.4. The molecule has 1 aliphatic rings. The van der Waals surface area contributed by atoms with E-state index in [0.29, 0.717) is 22.7 Å². The Morgan fingerprint density at radius 1 is 1.00 bits per heavy atom. The molecule has 0 atom stereocenters. The third kappa shape index (κ3) is 6.07. The van der Waals surface area contributed by atoms with Crippen LogP contribution in [0.5, 0.6) is 0 Å². The topological polar surface area (TPSA) is 20.3 Å². The van der Waals surface area contributed by atoms with Crippen molar-refractivity contribution in [1.29, 1.82) is 0 Å². The number of nitrogens with zero attached hydrogens (tertiary/aromatic N) is 1. The van der Waals surface area contributed by atoms with E-state index in [-0.39, 0.29) is 18.2 Å². The molecule has 1 aliphatic heterocycles. The molecule has 0 unspecified atom stereocenters. The number of likely N-dealkylation sites (tertiary alicyclic amines) is 1. The maximum absolute atomic E-state index is 13.2. The highest BCUT2D eigenvalue weighted by Gasteiger charge is 2.19. The summed E-state index contributed by atoms with van der Waals surface area (Å²) in [7, 11) is 0. The quantitative estimate of drug-likeness (QED) is 0.442. The van der Waals surface area contributed by atoms with E-state index < -0.39 is 0 Å². The van der Waals surface area contributed by atoms with Crippen molar-refractivity contribution in [1.82, 2.24) is 4.90 Å². The van der Waals surface area contributed by atoms with Gasteiger partial charge in [0.15, 0.2) is 5.78 Å². The van der Waals surface area contributed by atoms with Gasteiger partial charge in [0.1, 0.15) is 0 Å². The van der Waals surface area contributed by atoms with Gasteiger partial charge in [0.25, 0.3) is 0 Å². The molecule has 0 amide bonds. The fraction of sp³-hybridized carbons (Fsp3) is 0.261. The van der Waals surface area contributed by atoms with Crippen molar-refractivity contribution in [2.75, 3.05) is 19.6 Å². The van der Waals surface area contributed by atoms with Crippen LogP contribution in [-0.4, -0.2) is 30.3 Å². The van der Waals surface area contributed by atoms with Crippen LogP contribution >= 0.6 is 24.0 Å². The fourth-order valence-electron chi connectivity index (χ4n) is 3.27. The number of hydrogen-bond donors (Lipinski definition) is 0. The highest BCUT2D eigenvalue weighted by atomic mass is 35.5. The minimum absolute atomic E-state index is 0. The van der Waals surface area contributed by atoms with Gasteiger partial charge in [-0.05, 0) is 55.3 Å². The lowest BCUT2D eigenvalue weighted by atomic mass is 9.94. The molecule has 27 heavy (non-hydrogen) atoms. The molecule has 2 nitrogen and oxygen atoms in total. The predicted molar refractivity (Wildman–Crippen MR) is 117 cm³/mol. The predicted octanol–water partition coefficient (Wildman–Crippen LogP) is 5.91. The molecule has 0 aliphatic carbocycles. The van der Waals surface area contributed by atoms with E-state index in [4.69, 9.17) is 11.6 Å². The van der Waals surface area contributed by atoms with Crippen molar-refractivity contribution in [3.63, 3.8) is 0 Å². The van der Waals surface area contributed by atoms with E-state index in [2.05, 4.69) is 11.5 Å². The molecule has 0 bridgehead atoms. The Morgan fingerprint density at radius 3 is 2.26 bits per heavy atom. The van der Waals surface area contributed by atoms with Gasteiger partial charge in [-0.1, -0.05) is 67.1 Å². The van der Waals surface area contributed by atoms with Crippen LogP contribution in [0, 0.1) is 0 Å². The summed E-state index contributed by atoms with van der Waals surface area (Å²) in [6.45, 7) is 6.84. The van der Waals surface area contributed by atoms with Gasteiger partial charge < -0.3 is 0 Å². The second kappa shape index (κ2) is 10.5. The number of piperidine rings is 1. The van der Waals surface area contributed by atoms with E-state index in [0.717, 1.165) is 24.2 Å². The first-order chi connectivity index (χ1) is 12.6. The van der Waals surface area contributed by atoms with Gasteiger partial charge in [-0.25, -0.2) is 0 Å². The summed E-state index contributed by atoms with van der Waals surface area (Å²) >= 11 is 5.98. The summed E-state index contributed by atoms with van der Waals surface area (Å²) in [5.74, 6) is 0.0109. The number of carbonyl (C=O) groups excluding carboxylic acids is 1. The Kier molecular flexibility index (Phi) is 8.30. The van der Waals surface area contributed by atoms with Gasteiger partial charge >= 0.3 is 0 Å². The van der Waals surface area contributed by atoms with Crippen LogP contribution < -0.4 is 0 Å². The van der Waals surface area contributed by atoms with Gasteiger partial charge in [-0.3, -0.25) is 9.69 Å². The van der Waals surface area contributed by atoms with Gasteiger partial charge in [0.2, 0.25) is 0 Å². The number of rotatable bonds is 6. The van der Waals surface area contributed by atoms with Crippen molar-refractivity contribution in [3.8, 4) is 0 Å². The number of ketones is 1. The Hall–Kier alpha value is -1.87. The standard InChI is InChI=1S/C23H24ClNO.ClH/c1-18(17-25-14-6-3-7-15-25)23(26)22(20-8-4-2-5-9-20)16-19-10-12-21(24)13-11-19;/h2,4-5,8-13,16H,1,3,6-7,14-15,17H2;1H/b22-16+;. The first-order valence-corrected chi connectivity index (χ1v) is 9.49. The largest absolute Gasteiger partial charge is 0.299 e. The van der Waals surface area contributed by atoms with E-state index in [1.165, 1.54) is 19.3 Å². The van der Waals surface area contributed by atoms with Crippen molar-refractivity contribution in [2.24, 2.45) is 0 Å². The van der Waals surface area contributed by atoms with Crippen molar-refractivity contribution in [3.05, 3.63) is 82.9 Å². The summed E-state index contributed by atoms with van der Waals surface area (Å²) < 4.78 is 0. The van der Waals surface area contributed by atoms with Crippen molar-refractivity contribution < 1.29 is 4.79 Å². The Bertz CT molecular complexity index is 791. The molecule has 2 aromatic carbocycles. The monoisotopic (exact) mass is 401 g/mol. The number of halogens is 2. The molecule has 0 aromatic heterocycles. The molecule has 0 spiro atoms. The third-order valence-corrected chi connectivity index (χ3v) is 4.95. The van der Waals surface area contributed by atoms with Gasteiger partial charge in [-0.2, -0.15) is 0 Å². The summed E-state index contributed by atoms with van der Waals surface area (Å²) in [5, 5.41) is 0.684. The second-order valence-corrected chi connectivity index (χ2v) is 7.18. The van der Waals surface area contributed by atoms with Crippen molar-refractivity contribution in [2.45, 2.75) is 19.3 Å². The molecular weight excluding hydrogens is 377 g/mol. The van der Waals surface area contributed by atoms with Crippen LogP contribution in [0.3, 0.4) is 0 Å². The fourth-order valence-corrected chi connectivity index (χ4v) is 3.40. The molecule has 0 N–H and O–H groups in total. The molecule has 3 rings (SSSR count). The zero-order valence-electron chi connectivity index (χ0n) is 15.4. The van der Waals surface area contributed by atoms with Crippen LogP contribution in [0.2, 0.25) is 5.02 Å². The smallest absolute Gasteiger partial charge is 0.190 e. The molecule has 0 saturated carbocycles. The lowest BCUT2D eigenvalue weighted by Gasteiger charge is -2.27. The first-order valence-electron chi connectivity index (χ1n) is 9.11. The zero-order valence-corrected chi connectivity index (χ0v) is 16.9. The van der Waals surface area contributed by atoms with Crippen molar-refractivity contribution >= 4 is 41.4 Å². The van der Waals surface area contributed by atoms with E-state index in [1.807, 2.05) is 60.7 Å².